The van der Waals surface area contributed by atoms with Crippen molar-refractivity contribution in [3.63, 3.8) is 0 Å². The average molecular weight is 374 g/mol. The lowest BCUT2D eigenvalue weighted by molar-refractivity contribution is 0.0927. The number of hydrogen-bond donors (Lipinski definition) is 2. The minimum absolute atomic E-state index is 0.231. The van der Waals surface area contributed by atoms with E-state index in [9.17, 15) is 4.79 Å². The quantitative estimate of drug-likeness (QED) is 0.419. The zero-order valence-electron chi connectivity index (χ0n) is 16.8. The Bertz CT molecular complexity index is 748. The number of aliphatic imine (C=N–C) groups is 1. The first kappa shape index (κ1) is 20.5. The molecule has 2 rings (SSSR count). The third kappa shape index (κ3) is 5.87. The summed E-state index contributed by atoms with van der Waals surface area (Å²) in [6.07, 6.45) is 3.54. The maximum Gasteiger partial charge on any atom is 0.287 e. The molecule has 0 aliphatic carbocycles. The summed E-state index contributed by atoms with van der Waals surface area (Å²) in [4.78, 5) is 18.5. The molecule has 0 aliphatic heterocycles. The third-order valence-corrected chi connectivity index (χ3v) is 3.99. The van der Waals surface area contributed by atoms with E-state index in [1.54, 1.807) is 12.1 Å². The molecule has 148 valence electrons. The van der Waals surface area contributed by atoms with Gasteiger partial charge in [0.05, 0.1) is 18.5 Å². The minimum atomic E-state index is -0.231. The Kier molecular flexibility index (Phi) is 7.45. The topological polar surface area (TPSA) is 87.7 Å². The molecule has 2 heterocycles. The second kappa shape index (κ2) is 9.80. The fourth-order valence-corrected chi connectivity index (χ4v) is 2.79. The molecule has 0 bridgehead atoms. The summed E-state index contributed by atoms with van der Waals surface area (Å²) in [6.45, 7) is 8.72. The van der Waals surface area contributed by atoms with Gasteiger partial charge in [-0.2, -0.15) is 5.10 Å². The average Bonchev–Trinajstić information content (AvgIpc) is 3.27. The van der Waals surface area contributed by atoms with E-state index in [4.69, 9.17) is 4.42 Å². The van der Waals surface area contributed by atoms with E-state index in [0.717, 1.165) is 18.2 Å². The van der Waals surface area contributed by atoms with Gasteiger partial charge in [-0.3, -0.25) is 14.5 Å². The first-order valence-electron chi connectivity index (χ1n) is 9.26. The van der Waals surface area contributed by atoms with Crippen molar-refractivity contribution in [2.75, 3.05) is 26.7 Å². The third-order valence-electron chi connectivity index (χ3n) is 3.99. The highest BCUT2D eigenvalue weighted by atomic mass is 16.3. The molecule has 0 spiro atoms. The lowest BCUT2D eigenvalue weighted by atomic mass is 10.1. The molecule has 1 amide bonds. The van der Waals surface area contributed by atoms with Crippen LogP contribution in [0.25, 0.3) is 0 Å². The van der Waals surface area contributed by atoms with Gasteiger partial charge in [-0.15, -0.1) is 0 Å². The van der Waals surface area contributed by atoms with Crippen LogP contribution < -0.4 is 10.6 Å². The zero-order valence-corrected chi connectivity index (χ0v) is 16.8. The Morgan fingerprint density at radius 3 is 2.81 bits per heavy atom. The number of rotatable bonds is 8. The highest BCUT2D eigenvalue weighted by Crippen LogP contribution is 2.18. The Morgan fingerprint density at radius 1 is 1.41 bits per heavy atom. The number of furan rings is 1. The largest absolute Gasteiger partial charge is 0.459 e. The maximum atomic E-state index is 11.9. The van der Waals surface area contributed by atoms with E-state index < -0.39 is 0 Å². The highest BCUT2D eigenvalue weighted by Gasteiger charge is 2.15. The monoisotopic (exact) mass is 374 g/mol. The summed E-state index contributed by atoms with van der Waals surface area (Å²) < 4.78 is 6.93. The number of nitrogens with zero attached hydrogens (tertiary/aromatic N) is 4. The molecule has 0 radical (unpaired) electrons. The summed E-state index contributed by atoms with van der Waals surface area (Å²) in [5, 5.41) is 10.7. The predicted octanol–water partition coefficient (Wildman–Crippen LogP) is 1.96. The van der Waals surface area contributed by atoms with Crippen LogP contribution in [0.2, 0.25) is 0 Å². The van der Waals surface area contributed by atoms with E-state index >= 15 is 0 Å². The van der Waals surface area contributed by atoms with Gasteiger partial charge in [-0.1, -0.05) is 13.8 Å². The van der Waals surface area contributed by atoms with Crippen molar-refractivity contribution in [1.29, 1.82) is 0 Å². The lowest BCUT2D eigenvalue weighted by Crippen LogP contribution is -2.39. The van der Waals surface area contributed by atoms with Gasteiger partial charge in [-0.25, -0.2) is 0 Å². The molecule has 0 saturated carbocycles. The van der Waals surface area contributed by atoms with Gasteiger partial charge < -0.3 is 20.0 Å². The SMILES string of the molecule is CCNC(=NCCNC(=O)c1ccco1)N(C)Cc1cn(C)nc1C(C)C. The van der Waals surface area contributed by atoms with Crippen LogP contribution in [0.15, 0.2) is 34.0 Å². The molecule has 0 aliphatic rings. The van der Waals surface area contributed by atoms with E-state index in [1.807, 2.05) is 25.7 Å². The number of aromatic nitrogens is 2. The molecule has 0 saturated heterocycles. The van der Waals surface area contributed by atoms with E-state index in [1.165, 1.54) is 11.8 Å². The number of nitrogens with one attached hydrogen (secondary N) is 2. The van der Waals surface area contributed by atoms with Crippen LogP contribution in [-0.2, 0) is 13.6 Å². The van der Waals surface area contributed by atoms with Crippen molar-refractivity contribution in [1.82, 2.24) is 25.3 Å². The van der Waals surface area contributed by atoms with Crippen LogP contribution in [0.3, 0.4) is 0 Å². The Balaban J connectivity index is 1.94. The van der Waals surface area contributed by atoms with Gasteiger partial charge in [0.15, 0.2) is 11.7 Å². The van der Waals surface area contributed by atoms with E-state index in [-0.39, 0.29) is 5.91 Å². The summed E-state index contributed by atoms with van der Waals surface area (Å²) in [7, 11) is 3.94. The van der Waals surface area contributed by atoms with Gasteiger partial charge in [-0.05, 0) is 25.0 Å². The molecule has 2 aromatic rings. The Labute approximate surface area is 160 Å². The van der Waals surface area contributed by atoms with Gasteiger partial charge in [0, 0.05) is 45.5 Å². The number of carbonyl (C=O) groups is 1. The lowest BCUT2D eigenvalue weighted by Gasteiger charge is -2.22. The van der Waals surface area contributed by atoms with Gasteiger partial charge in [0.2, 0.25) is 0 Å². The van der Waals surface area contributed by atoms with Crippen LogP contribution in [0.1, 0.15) is 48.5 Å². The fourth-order valence-electron chi connectivity index (χ4n) is 2.79. The molecular weight excluding hydrogens is 344 g/mol. The highest BCUT2D eigenvalue weighted by molar-refractivity contribution is 5.91. The van der Waals surface area contributed by atoms with Gasteiger partial charge >= 0.3 is 0 Å². The summed E-state index contributed by atoms with van der Waals surface area (Å²) in [6, 6.07) is 3.33. The van der Waals surface area contributed by atoms with Crippen molar-refractivity contribution in [3.05, 3.63) is 41.6 Å². The molecular formula is C19H30N6O2. The van der Waals surface area contributed by atoms with Crippen LogP contribution in [0, 0.1) is 0 Å². The number of hydrogen-bond acceptors (Lipinski definition) is 4. The molecule has 8 heteroatoms. The first-order chi connectivity index (χ1) is 12.9. The molecule has 27 heavy (non-hydrogen) atoms. The second-order valence-electron chi connectivity index (χ2n) is 6.69. The van der Waals surface area contributed by atoms with Crippen molar-refractivity contribution >= 4 is 11.9 Å². The molecule has 0 unspecified atom stereocenters. The normalized spacial score (nSPS) is 11.7. The maximum absolute atomic E-state index is 11.9. The van der Waals surface area contributed by atoms with Gasteiger partial charge in [0.1, 0.15) is 0 Å². The molecule has 0 atom stereocenters. The molecule has 2 aromatic heterocycles. The summed E-state index contributed by atoms with van der Waals surface area (Å²) >= 11 is 0. The second-order valence-corrected chi connectivity index (χ2v) is 6.69. The predicted molar refractivity (Wildman–Crippen MR) is 106 cm³/mol. The van der Waals surface area contributed by atoms with Crippen LogP contribution in [0.4, 0.5) is 0 Å². The van der Waals surface area contributed by atoms with Crippen molar-refractivity contribution < 1.29 is 9.21 Å². The van der Waals surface area contributed by atoms with Crippen molar-refractivity contribution in [2.24, 2.45) is 12.0 Å². The first-order valence-corrected chi connectivity index (χ1v) is 9.26. The molecule has 8 nitrogen and oxygen atoms in total. The number of guanidine groups is 1. The Morgan fingerprint density at radius 2 is 2.19 bits per heavy atom. The van der Waals surface area contributed by atoms with Crippen LogP contribution in [0.5, 0.6) is 0 Å². The summed E-state index contributed by atoms with van der Waals surface area (Å²) in [5.74, 6) is 1.24. The molecule has 0 fully saturated rings. The molecule has 0 aromatic carbocycles. The van der Waals surface area contributed by atoms with E-state index in [0.29, 0.717) is 31.3 Å². The minimum Gasteiger partial charge on any atom is -0.459 e. The molecule has 2 N–H and O–H groups in total. The number of carbonyl (C=O) groups excluding carboxylic acids is 1. The zero-order chi connectivity index (χ0) is 19.8. The number of amides is 1. The standard InChI is InChI=1S/C19H30N6O2/c1-6-20-19(22-10-9-21-18(26)16-8-7-11-27-16)24(4)12-15-13-25(5)23-17(15)14(2)3/h7-8,11,13-14H,6,9-10,12H2,1-5H3,(H,20,22)(H,21,26). The fraction of sp³-hybridized carbons (Fsp3) is 0.526. The van der Waals surface area contributed by atoms with Crippen molar-refractivity contribution in [3.8, 4) is 0 Å². The number of aryl methyl sites for hydroxylation is 1. The summed E-state index contributed by atoms with van der Waals surface area (Å²) in [5.41, 5.74) is 2.29. The van der Waals surface area contributed by atoms with Crippen molar-refractivity contribution in [2.45, 2.75) is 33.2 Å². The van der Waals surface area contributed by atoms with Gasteiger partial charge in [0.25, 0.3) is 5.91 Å². The smallest absolute Gasteiger partial charge is 0.287 e. The van der Waals surface area contributed by atoms with Crippen LogP contribution in [-0.4, -0.2) is 53.2 Å². The Hall–Kier alpha value is -2.77. The van der Waals surface area contributed by atoms with Crippen LogP contribution >= 0.6 is 0 Å². The van der Waals surface area contributed by atoms with E-state index in [2.05, 4.69) is 45.7 Å².